The van der Waals surface area contributed by atoms with Gasteiger partial charge in [0, 0.05) is 4.88 Å². The number of aryl methyl sites for hydroxylation is 2. The van der Waals surface area contributed by atoms with Crippen molar-refractivity contribution in [2.45, 2.75) is 27.2 Å². The standard InChI is InChI=1S/C15H16N2S/c1-4-11-14(17)13(8-16)18-15(11)12-6-5-9(2)7-10(12)3/h5-7H,4,17H2,1-3H3. The smallest absolute Gasteiger partial charge is 0.128 e. The minimum atomic E-state index is 0.627. The van der Waals surface area contributed by atoms with E-state index >= 15 is 0 Å². The highest BCUT2D eigenvalue weighted by atomic mass is 32.1. The number of anilines is 1. The molecule has 0 bridgehead atoms. The van der Waals surface area contributed by atoms with Crippen molar-refractivity contribution < 1.29 is 0 Å². The fourth-order valence-electron chi connectivity index (χ4n) is 2.20. The average molecular weight is 256 g/mol. The molecule has 2 rings (SSSR count). The van der Waals surface area contributed by atoms with Crippen LogP contribution in [-0.2, 0) is 6.42 Å². The van der Waals surface area contributed by atoms with Gasteiger partial charge in [-0.3, -0.25) is 0 Å². The molecule has 0 unspecified atom stereocenters. The number of thiophene rings is 1. The van der Waals surface area contributed by atoms with Crippen molar-refractivity contribution in [2.75, 3.05) is 5.73 Å². The lowest BCUT2D eigenvalue weighted by Crippen LogP contribution is -1.92. The molecule has 0 aliphatic carbocycles. The van der Waals surface area contributed by atoms with Gasteiger partial charge in [0.05, 0.1) is 5.69 Å². The lowest BCUT2D eigenvalue weighted by atomic mass is 10.0. The van der Waals surface area contributed by atoms with E-state index in [1.165, 1.54) is 28.0 Å². The molecule has 0 aliphatic heterocycles. The summed E-state index contributed by atoms with van der Waals surface area (Å²) in [7, 11) is 0. The van der Waals surface area contributed by atoms with Crippen molar-refractivity contribution in [3.63, 3.8) is 0 Å². The third kappa shape index (κ3) is 2.00. The van der Waals surface area contributed by atoms with Crippen LogP contribution in [0.1, 0.15) is 28.5 Å². The third-order valence-electron chi connectivity index (χ3n) is 3.13. The summed E-state index contributed by atoms with van der Waals surface area (Å²) in [6.45, 7) is 6.26. The van der Waals surface area contributed by atoms with Crippen LogP contribution in [0.5, 0.6) is 0 Å². The van der Waals surface area contributed by atoms with Crippen LogP contribution in [0, 0.1) is 25.2 Å². The summed E-state index contributed by atoms with van der Waals surface area (Å²) in [5.41, 5.74) is 11.5. The molecule has 1 aromatic heterocycles. The van der Waals surface area contributed by atoms with E-state index in [-0.39, 0.29) is 0 Å². The number of hydrogen-bond donors (Lipinski definition) is 1. The Morgan fingerprint density at radius 1 is 1.33 bits per heavy atom. The molecule has 0 amide bonds. The second-order valence-electron chi connectivity index (χ2n) is 4.44. The molecule has 2 N–H and O–H groups in total. The zero-order chi connectivity index (χ0) is 13.3. The number of nitrogen functional groups attached to an aromatic ring is 1. The molecular formula is C15H16N2S. The Morgan fingerprint density at radius 2 is 2.06 bits per heavy atom. The van der Waals surface area contributed by atoms with Crippen LogP contribution in [0.3, 0.4) is 0 Å². The molecule has 0 radical (unpaired) electrons. The average Bonchev–Trinajstić information content (AvgIpc) is 2.65. The van der Waals surface area contributed by atoms with E-state index in [0.29, 0.717) is 10.6 Å². The molecular weight excluding hydrogens is 240 g/mol. The van der Waals surface area contributed by atoms with Crippen molar-refractivity contribution in [3.8, 4) is 16.5 Å². The minimum Gasteiger partial charge on any atom is -0.397 e. The topological polar surface area (TPSA) is 49.8 Å². The van der Waals surface area contributed by atoms with Gasteiger partial charge in [-0.15, -0.1) is 11.3 Å². The maximum Gasteiger partial charge on any atom is 0.128 e. The first-order valence-corrected chi connectivity index (χ1v) is 6.79. The summed E-state index contributed by atoms with van der Waals surface area (Å²) in [5, 5.41) is 9.09. The number of nitriles is 1. The fourth-order valence-corrected chi connectivity index (χ4v) is 3.40. The van der Waals surface area contributed by atoms with E-state index in [4.69, 9.17) is 11.0 Å². The quantitative estimate of drug-likeness (QED) is 0.881. The molecule has 18 heavy (non-hydrogen) atoms. The summed E-state index contributed by atoms with van der Waals surface area (Å²) in [4.78, 5) is 1.77. The highest BCUT2D eigenvalue weighted by molar-refractivity contribution is 7.16. The van der Waals surface area contributed by atoms with Crippen molar-refractivity contribution >= 4 is 17.0 Å². The molecule has 0 saturated carbocycles. The molecule has 0 spiro atoms. The molecule has 0 saturated heterocycles. The maximum absolute atomic E-state index is 9.09. The van der Waals surface area contributed by atoms with E-state index in [1.807, 2.05) is 0 Å². The molecule has 2 nitrogen and oxygen atoms in total. The molecule has 1 heterocycles. The molecule has 2 aromatic rings. The summed E-state index contributed by atoms with van der Waals surface area (Å²) in [5.74, 6) is 0. The van der Waals surface area contributed by atoms with Crippen LogP contribution >= 0.6 is 11.3 Å². The van der Waals surface area contributed by atoms with E-state index in [1.54, 1.807) is 0 Å². The van der Waals surface area contributed by atoms with Crippen LogP contribution in [0.4, 0.5) is 5.69 Å². The Bertz CT molecular complexity index is 633. The first-order chi connectivity index (χ1) is 8.58. The Morgan fingerprint density at radius 3 is 2.61 bits per heavy atom. The molecule has 92 valence electrons. The van der Waals surface area contributed by atoms with Gasteiger partial charge in [-0.05, 0) is 37.0 Å². The zero-order valence-electron chi connectivity index (χ0n) is 10.9. The number of benzene rings is 1. The predicted molar refractivity (Wildman–Crippen MR) is 77.7 cm³/mol. The first-order valence-electron chi connectivity index (χ1n) is 5.97. The minimum absolute atomic E-state index is 0.627. The van der Waals surface area contributed by atoms with E-state index in [0.717, 1.165) is 16.9 Å². The normalized spacial score (nSPS) is 10.3. The van der Waals surface area contributed by atoms with Crippen LogP contribution in [-0.4, -0.2) is 0 Å². The Balaban J connectivity index is 2.68. The summed E-state index contributed by atoms with van der Waals surface area (Å²) in [6, 6.07) is 8.57. The number of nitrogens with two attached hydrogens (primary N) is 1. The highest BCUT2D eigenvalue weighted by Gasteiger charge is 2.16. The SMILES string of the molecule is CCc1c(-c2ccc(C)cc2C)sc(C#N)c1N. The third-order valence-corrected chi connectivity index (χ3v) is 4.32. The summed E-state index contributed by atoms with van der Waals surface area (Å²) >= 11 is 1.50. The van der Waals surface area contributed by atoms with Crippen LogP contribution in [0.15, 0.2) is 18.2 Å². The van der Waals surface area contributed by atoms with E-state index < -0.39 is 0 Å². The highest BCUT2D eigenvalue weighted by Crippen LogP contribution is 2.40. The number of rotatable bonds is 2. The van der Waals surface area contributed by atoms with Crippen LogP contribution in [0.2, 0.25) is 0 Å². The van der Waals surface area contributed by atoms with Gasteiger partial charge in [-0.25, -0.2) is 0 Å². The van der Waals surface area contributed by atoms with Crippen molar-refractivity contribution in [1.29, 1.82) is 5.26 Å². The van der Waals surface area contributed by atoms with Crippen molar-refractivity contribution in [1.82, 2.24) is 0 Å². The molecule has 0 fully saturated rings. The molecule has 0 aliphatic rings. The predicted octanol–water partition coefficient (Wildman–Crippen LogP) is 4.05. The molecule has 3 heteroatoms. The van der Waals surface area contributed by atoms with Gasteiger partial charge < -0.3 is 5.73 Å². The second-order valence-corrected chi connectivity index (χ2v) is 5.46. The monoisotopic (exact) mass is 256 g/mol. The fraction of sp³-hybridized carbons (Fsp3) is 0.267. The second kappa shape index (κ2) is 4.83. The largest absolute Gasteiger partial charge is 0.397 e. The lowest BCUT2D eigenvalue weighted by molar-refractivity contribution is 1.16. The Labute approximate surface area is 112 Å². The van der Waals surface area contributed by atoms with Crippen molar-refractivity contribution in [2.24, 2.45) is 0 Å². The number of nitrogens with zero attached hydrogens (tertiary/aromatic N) is 1. The van der Waals surface area contributed by atoms with Gasteiger partial charge >= 0.3 is 0 Å². The van der Waals surface area contributed by atoms with E-state index in [9.17, 15) is 0 Å². The molecule has 1 aromatic carbocycles. The Kier molecular flexibility index (Phi) is 3.40. The van der Waals surface area contributed by atoms with Gasteiger partial charge in [-0.2, -0.15) is 5.26 Å². The summed E-state index contributed by atoms with van der Waals surface area (Å²) < 4.78 is 0. The zero-order valence-corrected chi connectivity index (χ0v) is 11.7. The van der Waals surface area contributed by atoms with Gasteiger partial charge in [0.1, 0.15) is 10.9 Å². The lowest BCUT2D eigenvalue weighted by Gasteiger charge is -2.07. The molecule has 0 atom stereocenters. The van der Waals surface area contributed by atoms with E-state index in [2.05, 4.69) is 45.0 Å². The first kappa shape index (κ1) is 12.7. The van der Waals surface area contributed by atoms with Crippen LogP contribution < -0.4 is 5.73 Å². The van der Waals surface area contributed by atoms with Crippen LogP contribution in [0.25, 0.3) is 10.4 Å². The van der Waals surface area contributed by atoms with Gasteiger partial charge in [0.15, 0.2) is 0 Å². The van der Waals surface area contributed by atoms with Gasteiger partial charge in [-0.1, -0.05) is 30.7 Å². The summed E-state index contributed by atoms with van der Waals surface area (Å²) in [6.07, 6.45) is 0.854. The number of hydrogen-bond acceptors (Lipinski definition) is 3. The van der Waals surface area contributed by atoms with Gasteiger partial charge in [0.2, 0.25) is 0 Å². The van der Waals surface area contributed by atoms with Crippen molar-refractivity contribution in [3.05, 3.63) is 39.8 Å². The Hall–Kier alpha value is -1.79. The van der Waals surface area contributed by atoms with Gasteiger partial charge in [0.25, 0.3) is 0 Å². The maximum atomic E-state index is 9.09.